The number of ether oxygens (including phenoxy) is 2. The maximum Gasteiger partial charge on any atom is 0.306 e. The monoisotopic (exact) mass is 721 g/mol. The first-order valence-electron chi connectivity index (χ1n) is 22.7. The van der Waals surface area contributed by atoms with Gasteiger partial charge in [0.05, 0.1) is 6.61 Å². The number of hydrogen-bond donors (Lipinski definition) is 1. The molecule has 0 aromatic heterocycles. The van der Waals surface area contributed by atoms with E-state index in [1.165, 1.54) is 193 Å². The highest BCUT2D eigenvalue weighted by Crippen LogP contribution is 2.16. The molecule has 0 aliphatic carbocycles. The van der Waals surface area contributed by atoms with Gasteiger partial charge in [0.1, 0.15) is 6.61 Å². The number of rotatable bonds is 42. The molecule has 0 radical (unpaired) electrons. The average Bonchev–Trinajstić information content (AvgIpc) is 3.13. The molecule has 0 rings (SSSR count). The first kappa shape index (κ1) is 49.6. The lowest BCUT2D eigenvalue weighted by Gasteiger charge is -2.15. The molecule has 1 unspecified atom stereocenters. The molecule has 0 heterocycles. The lowest BCUT2D eigenvalue weighted by atomic mass is 10.0. The normalized spacial score (nSPS) is 12.1. The maximum absolute atomic E-state index is 12.2. The summed E-state index contributed by atoms with van der Waals surface area (Å²) in [6.45, 7) is 4.17. The minimum Gasteiger partial charge on any atom is -0.462 e. The number of hydrogen-bond acceptors (Lipinski definition) is 5. The minimum atomic E-state index is -0.766. The molecule has 0 amide bonds. The Morgan fingerprint density at radius 2 is 0.725 bits per heavy atom. The van der Waals surface area contributed by atoms with E-state index in [0.717, 1.165) is 32.1 Å². The van der Waals surface area contributed by atoms with Gasteiger partial charge in [-0.2, -0.15) is 0 Å². The van der Waals surface area contributed by atoms with Crippen molar-refractivity contribution < 1.29 is 24.2 Å². The molecular formula is C46H88O5. The second-order valence-corrected chi connectivity index (χ2v) is 15.5. The van der Waals surface area contributed by atoms with E-state index in [1.54, 1.807) is 0 Å². The van der Waals surface area contributed by atoms with Gasteiger partial charge in [0.15, 0.2) is 6.10 Å². The highest BCUT2D eigenvalue weighted by Gasteiger charge is 2.16. The molecule has 51 heavy (non-hydrogen) atoms. The lowest BCUT2D eigenvalue weighted by molar-refractivity contribution is -0.161. The van der Waals surface area contributed by atoms with Gasteiger partial charge in [-0.15, -0.1) is 0 Å². The van der Waals surface area contributed by atoms with Crippen molar-refractivity contribution >= 4 is 11.9 Å². The van der Waals surface area contributed by atoms with Crippen LogP contribution in [0.3, 0.4) is 0 Å². The van der Waals surface area contributed by atoms with Crippen LogP contribution >= 0.6 is 0 Å². The largest absolute Gasteiger partial charge is 0.462 e. The number of esters is 2. The molecular weight excluding hydrogens is 633 g/mol. The van der Waals surface area contributed by atoms with Crippen molar-refractivity contribution in [3.8, 4) is 0 Å². The fourth-order valence-corrected chi connectivity index (χ4v) is 6.85. The molecule has 0 fully saturated rings. The van der Waals surface area contributed by atoms with E-state index in [-0.39, 0.29) is 25.2 Å². The van der Waals surface area contributed by atoms with E-state index >= 15 is 0 Å². The smallest absolute Gasteiger partial charge is 0.306 e. The molecule has 0 aromatic carbocycles. The van der Waals surface area contributed by atoms with Crippen molar-refractivity contribution in [3.63, 3.8) is 0 Å². The van der Waals surface area contributed by atoms with Gasteiger partial charge in [0, 0.05) is 12.8 Å². The van der Waals surface area contributed by atoms with Gasteiger partial charge in [0.2, 0.25) is 0 Å². The Balaban J connectivity index is 3.48. The standard InChI is InChI=1S/C46H88O5/c1-3-5-7-9-11-13-15-17-19-21-22-23-24-25-27-29-31-33-35-37-39-41-46(49)51-44(42-47)43-50-45(48)40-38-36-34-32-30-28-26-20-18-16-14-12-10-8-6-4-2/h21-22,44,47H,3-20,23-43H2,1-2H3/b22-21-. The topological polar surface area (TPSA) is 72.8 Å². The Bertz CT molecular complexity index is 735. The second kappa shape index (κ2) is 43.0. The summed E-state index contributed by atoms with van der Waals surface area (Å²) in [5.74, 6) is -0.578. The average molecular weight is 721 g/mol. The van der Waals surface area contributed by atoms with Gasteiger partial charge < -0.3 is 14.6 Å². The molecule has 0 aliphatic rings. The maximum atomic E-state index is 12.2. The van der Waals surface area contributed by atoms with Crippen LogP contribution < -0.4 is 0 Å². The Kier molecular flexibility index (Phi) is 41.9. The molecule has 0 saturated heterocycles. The van der Waals surface area contributed by atoms with Crippen LogP contribution in [0.15, 0.2) is 12.2 Å². The Morgan fingerprint density at radius 1 is 0.431 bits per heavy atom. The van der Waals surface area contributed by atoms with Crippen molar-refractivity contribution in [2.45, 2.75) is 258 Å². The number of unbranched alkanes of at least 4 members (excludes halogenated alkanes) is 32. The molecule has 0 bridgehead atoms. The number of aliphatic hydroxyl groups is 1. The molecule has 1 atom stereocenters. The molecule has 1 N–H and O–H groups in total. The van der Waals surface area contributed by atoms with Crippen LogP contribution in [0, 0.1) is 0 Å². The van der Waals surface area contributed by atoms with E-state index < -0.39 is 6.10 Å². The summed E-state index contributed by atoms with van der Waals surface area (Å²) < 4.78 is 10.6. The van der Waals surface area contributed by atoms with Crippen LogP contribution in [-0.4, -0.2) is 36.4 Å². The van der Waals surface area contributed by atoms with E-state index in [0.29, 0.717) is 12.8 Å². The summed E-state index contributed by atoms with van der Waals surface area (Å²) in [5.41, 5.74) is 0. The van der Waals surface area contributed by atoms with E-state index in [4.69, 9.17) is 9.47 Å². The van der Waals surface area contributed by atoms with Crippen LogP contribution in [0.1, 0.15) is 251 Å². The van der Waals surface area contributed by atoms with Crippen molar-refractivity contribution in [1.29, 1.82) is 0 Å². The summed E-state index contributed by atoms with van der Waals surface area (Å²) >= 11 is 0. The molecule has 0 aromatic rings. The zero-order chi connectivity index (χ0) is 37.1. The zero-order valence-corrected chi connectivity index (χ0v) is 34.4. The van der Waals surface area contributed by atoms with Crippen molar-refractivity contribution in [2.75, 3.05) is 13.2 Å². The SMILES string of the molecule is CCCCCCCCCC/C=C\CCCCCCCCCCCC(=O)OC(CO)COC(=O)CCCCCCCCCCCCCCCCCC. The van der Waals surface area contributed by atoms with Crippen LogP contribution in [0.2, 0.25) is 0 Å². The van der Waals surface area contributed by atoms with Gasteiger partial charge >= 0.3 is 11.9 Å². The Hall–Kier alpha value is -1.36. The molecule has 0 saturated carbocycles. The second-order valence-electron chi connectivity index (χ2n) is 15.5. The Morgan fingerprint density at radius 3 is 1.06 bits per heavy atom. The fraction of sp³-hybridized carbons (Fsp3) is 0.913. The lowest BCUT2D eigenvalue weighted by Crippen LogP contribution is -2.28. The van der Waals surface area contributed by atoms with Crippen LogP contribution in [0.4, 0.5) is 0 Å². The Labute approximate surface area is 318 Å². The first-order chi connectivity index (χ1) is 25.1. The zero-order valence-electron chi connectivity index (χ0n) is 34.4. The van der Waals surface area contributed by atoms with Crippen molar-refractivity contribution in [1.82, 2.24) is 0 Å². The predicted molar refractivity (Wildman–Crippen MR) is 219 cm³/mol. The van der Waals surface area contributed by atoms with Crippen LogP contribution in [-0.2, 0) is 19.1 Å². The third kappa shape index (κ3) is 41.3. The van der Waals surface area contributed by atoms with E-state index in [1.807, 2.05) is 0 Å². The molecule has 0 aliphatic heterocycles. The summed E-state index contributed by atoms with van der Waals surface area (Å²) in [5, 5.41) is 9.59. The van der Waals surface area contributed by atoms with Crippen molar-refractivity contribution in [2.24, 2.45) is 0 Å². The number of allylic oxidation sites excluding steroid dienone is 2. The highest BCUT2D eigenvalue weighted by molar-refractivity contribution is 5.70. The summed E-state index contributed by atoms with van der Waals surface area (Å²) in [7, 11) is 0. The van der Waals surface area contributed by atoms with Gasteiger partial charge in [-0.3, -0.25) is 9.59 Å². The fourth-order valence-electron chi connectivity index (χ4n) is 6.85. The first-order valence-corrected chi connectivity index (χ1v) is 22.7. The van der Waals surface area contributed by atoms with Gasteiger partial charge in [-0.25, -0.2) is 0 Å². The summed E-state index contributed by atoms with van der Waals surface area (Å²) in [6.07, 6.45) is 50.0. The number of aliphatic hydroxyl groups excluding tert-OH is 1. The minimum absolute atomic E-state index is 0.0600. The summed E-state index contributed by atoms with van der Waals surface area (Å²) in [6, 6.07) is 0. The quantitative estimate of drug-likeness (QED) is 0.0386. The molecule has 0 spiro atoms. The highest BCUT2D eigenvalue weighted by atomic mass is 16.6. The third-order valence-corrected chi connectivity index (χ3v) is 10.3. The van der Waals surface area contributed by atoms with Crippen molar-refractivity contribution in [3.05, 3.63) is 12.2 Å². The third-order valence-electron chi connectivity index (χ3n) is 10.3. The number of carbonyl (C=O) groups excluding carboxylic acids is 2. The molecule has 302 valence electrons. The van der Waals surface area contributed by atoms with Gasteiger partial charge in [0.25, 0.3) is 0 Å². The van der Waals surface area contributed by atoms with E-state index in [2.05, 4.69) is 26.0 Å². The number of carbonyl (C=O) groups is 2. The molecule has 5 nitrogen and oxygen atoms in total. The van der Waals surface area contributed by atoms with E-state index in [9.17, 15) is 14.7 Å². The molecule has 5 heteroatoms. The van der Waals surface area contributed by atoms with Crippen LogP contribution in [0.25, 0.3) is 0 Å². The van der Waals surface area contributed by atoms with Gasteiger partial charge in [-0.1, -0.05) is 212 Å². The predicted octanol–water partition coefficient (Wildman–Crippen LogP) is 14.5. The summed E-state index contributed by atoms with van der Waals surface area (Å²) in [4.78, 5) is 24.3. The van der Waals surface area contributed by atoms with Crippen LogP contribution in [0.5, 0.6) is 0 Å². The van der Waals surface area contributed by atoms with Gasteiger partial charge in [-0.05, 0) is 38.5 Å².